The molecule has 1 heterocycles. The fourth-order valence-corrected chi connectivity index (χ4v) is 2.85. The van der Waals surface area contributed by atoms with Crippen LogP contribution in [0.15, 0.2) is 18.2 Å². The molecule has 1 saturated heterocycles. The lowest BCUT2D eigenvalue weighted by molar-refractivity contribution is -0.141. The van der Waals surface area contributed by atoms with Gasteiger partial charge in [0.15, 0.2) is 0 Å². The number of fused-ring (bicyclic) bond motifs is 1. The van der Waals surface area contributed by atoms with E-state index >= 15 is 0 Å². The maximum atomic E-state index is 11.9. The summed E-state index contributed by atoms with van der Waals surface area (Å²) in [5.74, 6) is -1.53. The first-order valence-corrected chi connectivity index (χ1v) is 6.30. The standard InChI is InChI=1S/C14H15NO3/c16-13-7-11(14(17)18)8-15(13)12-5-4-9-2-1-3-10(9)6-12/h4-6,11H,1-3,7-8H2,(H,17,18). The van der Waals surface area contributed by atoms with E-state index in [0.29, 0.717) is 6.54 Å². The molecule has 18 heavy (non-hydrogen) atoms. The summed E-state index contributed by atoms with van der Waals surface area (Å²) in [5, 5.41) is 8.97. The molecule has 1 atom stereocenters. The molecule has 0 bridgehead atoms. The topological polar surface area (TPSA) is 57.6 Å². The molecule has 1 unspecified atom stereocenters. The molecule has 94 valence electrons. The van der Waals surface area contributed by atoms with Crippen LogP contribution < -0.4 is 4.90 Å². The van der Waals surface area contributed by atoms with Crippen LogP contribution in [0.2, 0.25) is 0 Å². The van der Waals surface area contributed by atoms with Crippen LogP contribution in [0.1, 0.15) is 24.0 Å². The minimum absolute atomic E-state index is 0.0830. The van der Waals surface area contributed by atoms with Crippen molar-refractivity contribution in [3.63, 3.8) is 0 Å². The van der Waals surface area contributed by atoms with Crippen molar-refractivity contribution in [1.82, 2.24) is 0 Å². The molecular formula is C14H15NO3. The van der Waals surface area contributed by atoms with Crippen molar-refractivity contribution in [3.8, 4) is 0 Å². The summed E-state index contributed by atoms with van der Waals surface area (Å²) in [6, 6.07) is 6.05. The van der Waals surface area contributed by atoms with Crippen LogP contribution in [0.5, 0.6) is 0 Å². The molecule has 1 aromatic carbocycles. The highest BCUT2D eigenvalue weighted by Gasteiger charge is 2.35. The lowest BCUT2D eigenvalue weighted by Crippen LogP contribution is -2.25. The van der Waals surface area contributed by atoms with Gasteiger partial charge in [0.05, 0.1) is 5.92 Å². The van der Waals surface area contributed by atoms with Crippen molar-refractivity contribution in [2.24, 2.45) is 5.92 Å². The van der Waals surface area contributed by atoms with Gasteiger partial charge < -0.3 is 10.0 Å². The molecule has 0 saturated carbocycles. The van der Waals surface area contributed by atoms with Crippen molar-refractivity contribution in [2.45, 2.75) is 25.7 Å². The molecule has 1 aliphatic carbocycles. The first-order chi connectivity index (χ1) is 8.65. The van der Waals surface area contributed by atoms with Gasteiger partial charge in [0.2, 0.25) is 5.91 Å². The van der Waals surface area contributed by atoms with Gasteiger partial charge in [0, 0.05) is 18.7 Å². The number of carbonyl (C=O) groups excluding carboxylic acids is 1. The monoisotopic (exact) mass is 245 g/mol. The Kier molecular flexibility index (Phi) is 2.58. The molecular weight excluding hydrogens is 230 g/mol. The number of hydrogen-bond acceptors (Lipinski definition) is 2. The number of anilines is 1. The first-order valence-electron chi connectivity index (χ1n) is 6.30. The molecule has 4 heteroatoms. The van der Waals surface area contributed by atoms with Gasteiger partial charge in [0.1, 0.15) is 0 Å². The molecule has 0 radical (unpaired) electrons. The molecule has 1 N–H and O–H groups in total. The number of carbonyl (C=O) groups is 2. The molecule has 0 spiro atoms. The Balaban J connectivity index is 1.87. The lowest BCUT2D eigenvalue weighted by Gasteiger charge is -2.17. The Bertz CT molecular complexity index is 524. The highest BCUT2D eigenvalue weighted by Crippen LogP contribution is 2.30. The van der Waals surface area contributed by atoms with Crippen LogP contribution in [-0.2, 0) is 22.4 Å². The first kappa shape index (κ1) is 11.3. The number of nitrogens with zero attached hydrogens (tertiary/aromatic N) is 1. The molecule has 1 amide bonds. The average molecular weight is 245 g/mol. The van der Waals surface area contributed by atoms with Crippen molar-refractivity contribution >= 4 is 17.6 Å². The van der Waals surface area contributed by atoms with Crippen molar-refractivity contribution in [3.05, 3.63) is 29.3 Å². The van der Waals surface area contributed by atoms with Crippen molar-refractivity contribution < 1.29 is 14.7 Å². The van der Waals surface area contributed by atoms with Crippen molar-refractivity contribution in [2.75, 3.05) is 11.4 Å². The zero-order chi connectivity index (χ0) is 12.7. The summed E-state index contributed by atoms with van der Waals surface area (Å²) in [6.07, 6.45) is 3.46. The average Bonchev–Trinajstić information content (AvgIpc) is 2.93. The van der Waals surface area contributed by atoms with Crippen molar-refractivity contribution in [1.29, 1.82) is 0 Å². The number of hydrogen-bond donors (Lipinski definition) is 1. The molecule has 2 aliphatic rings. The van der Waals surface area contributed by atoms with E-state index in [9.17, 15) is 9.59 Å². The number of carboxylic acids is 1. The molecule has 1 fully saturated rings. The smallest absolute Gasteiger partial charge is 0.308 e. The summed E-state index contributed by atoms with van der Waals surface area (Å²) in [4.78, 5) is 24.4. The zero-order valence-corrected chi connectivity index (χ0v) is 10.1. The fourth-order valence-electron chi connectivity index (χ4n) is 2.85. The third-order valence-electron chi connectivity index (χ3n) is 3.87. The quantitative estimate of drug-likeness (QED) is 0.861. The fraction of sp³-hybridized carbons (Fsp3) is 0.429. The number of amides is 1. The number of aliphatic carboxylic acids is 1. The molecule has 1 aliphatic heterocycles. The van der Waals surface area contributed by atoms with E-state index in [1.807, 2.05) is 12.1 Å². The predicted octanol–water partition coefficient (Wildman–Crippen LogP) is 1.61. The van der Waals surface area contributed by atoms with E-state index in [1.54, 1.807) is 4.90 Å². The highest BCUT2D eigenvalue weighted by molar-refractivity contribution is 5.99. The summed E-state index contributed by atoms with van der Waals surface area (Å²) in [5.41, 5.74) is 3.52. The van der Waals surface area contributed by atoms with Crippen LogP contribution in [0, 0.1) is 5.92 Å². The Hall–Kier alpha value is -1.84. The number of aryl methyl sites for hydroxylation is 2. The highest BCUT2D eigenvalue weighted by atomic mass is 16.4. The Labute approximate surface area is 105 Å². The summed E-state index contributed by atoms with van der Waals surface area (Å²) >= 11 is 0. The van der Waals surface area contributed by atoms with Gasteiger partial charge in [-0.2, -0.15) is 0 Å². The van der Waals surface area contributed by atoms with Gasteiger partial charge >= 0.3 is 5.97 Å². The maximum absolute atomic E-state index is 11.9. The van der Waals surface area contributed by atoms with E-state index in [-0.39, 0.29) is 12.3 Å². The predicted molar refractivity (Wildman–Crippen MR) is 66.6 cm³/mol. The SMILES string of the molecule is O=C(O)C1CC(=O)N(c2ccc3c(c2)CCC3)C1. The summed E-state index contributed by atoms with van der Waals surface area (Å²) in [6.45, 7) is 0.299. The van der Waals surface area contributed by atoms with Gasteiger partial charge in [-0.1, -0.05) is 6.07 Å². The van der Waals surface area contributed by atoms with E-state index in [1.165, 1.54) is 17.5 Å². The van der Waals surface area contributed by atoms with Gasteiger partial charge in [-0.15, -0.1) is 0 Å². The van der Waals surface area contributed by atoms with Crippen LogP contribution >= 0.6 is 0 Å². The second-order valence-electron chi connectivity index (χ2n) is 5.05. The maximum Gasteiger partial charge on any atom is 0.308 e. The van der Waals surface area contributed by atoms with Crippen LogP contribution in [0.3, 0.4) is 0 Å². The molecule has 1 aromatic rings. The van der Waals surface area contributed by atoms with Crippen LogP contribution in [-0.4, -0.2) is 23.5 Å². The molecule has 4 nitrogen and oxygen atoms in total. The van der Waals surface area contributed by atoms with E-state index < -0.39 is 11.9 Å². The second-order valence-corrected chi connectivity index (χ2v) is 5.05. The third-order valence-corrected chi connectivity index (χ3v) is 3.87. The largest absolute Gasteiger partial charge is 0.481 e. The van der Waals surface area contributed by atoms with E-state index in [0.717, 1.165) is 18.5 Å². The van der Waals surface area contributed by atoms with E-state index in [4.69, 9.17) is 5.11 Å². The summed E-state index contributed by atoms with van der Waals surface area (Å²) < 4.78 is 0. The minimum Gasteiger partial charge on any atom is -0.481 e. The number of benzene rings is 1. The Morgan fingerprint density at radius 1 is 1.28 bits per heavy atom. The minimum atomic E-state index is -0.882. The Morgan fingerprint density at radius 2 is 2.06 bits per heavy atom. The van der Waals surface area contributed by atoms with Gasteiger partial charge in [-0.3, -0.25) is 9.59 Å². The van der Waals surface area contributed by atoms with Gasteiger partial charge in [0.25, 0.3) is 0 Å². The third kappa shape index (κ3) is 1.78. The lowest BCUT2D eigenvalue weighted by atomic mass is 10.1. The Morgan fingerprint density at radius 3 is 2.78 bits per heavy atom. The van der Waals surface area contributed by atoms with E-state index in [2.05, 4.69) is 6.07 Å². The normalized spacial score (nSPS) is 22.3. The van der Waals surface area contributed by atoms with Crippen LogP contribution in [0.25, 0.3) is 0 Å². The second kappa shape index (κ2) is 4.12. The summed E-state index contributed by atoms with van der Waals surface area (Å²) in [7, 11) is 0. The van der Waals surface area contributed by atoms with Crippen LogP contribution in [0.4, 0.5) is 5.69 Å². The molecule has 0 aromatic heterocycles. The zero-order valence-electron chi connectivity index (χ0n) is 10.1. The number of rotatable bonds is 2. The van der Waals surface area contributed by atoms with Gasteiger partial charge in [-0.05, 0) is 42.5 Å². The number of carboxylic acid groups (broad SMARTS) is 1. The molecule has 3 rings (SSSR count). The van der Waals surface area contributed by atoms with Gasteiger partial charge in [-0.25, -0.2) is 0 Å².